The lowest BCUT2D eigenvalue weighted by Gasteiger charge is -2.40. The molecule has 72 heavy (non-hydrogen) atoms. The summed E-state index contributed by atoms with van der Waals surface area (Å²) >= 11 is 9.53. The summed E-state index contributed by atoms with van der Waals surface area (Å²) in [5.41, 5.74) is 7.96. The molecule has 9 rings (SSSR count). The fourth-order valence-electron chi connectivity index (χ4n) is 10.3. The zero-order chi connectivity index (χ0) is 51.2. The van der Waals surface area contributed by atoms with Crippen LogP contribution in [0.15, 0.2) is 59.0 Å². The maximum Gasteiger partial charge on any atom is 0.246 e. The van der Waals surface area contributed by atoms with Gasteiger partial charge in [-0.25, -0.2) is 4.98 Å². The molecule has 2 saturated heterocycles. The molecule has 3 aromatic heterocycles. The third-order valence-electron chi connectivity index (χ3n) is 14.5. The van der Waals surface area contributed by atoms with Crippen molar-refractivity contribution in [2.75, 3.05) is 26.2 Å². The van der Waals surface area contributed by atoms with Gasteiger partial charge in [0.1, 0.15) is 29.0 Å². The zero-order valence-corrected chi connectivity index (χ0v) is 44.6. The number of likely N-dealkylation sites (tertiary alicyclic amines) is 2. The third kappa shape index (κ3) is 11.1. The Bertz CT molecular complexity index is 2840. The minimum Gasteiger partial charge on any atom is -0.391 e. The first-order valence-corrected chi connectivity index (χ1v) is 27.0. The van der Waals surface area contributed by atoms with Gasteiger partial charge in [0.05, 0.1) is 59.1 Å². The van der Waals surface area contributed by atoms with Crippen molar-refractivity contribution < 1.29 is 29.0 Å². The van der Waals surface area contributed by atoms with E-state index in [-0.39, 0.29) is 67.9 Å². The van der Waals surface area contributed by atoms with E-state index in [9.17, 15) is 24.3 Å². The number of aliphatic imine (C=N–C) groups is 1. The van der Waals surface area contributed by atoms with Crippen molar-refractivity contribution in [3.63, 3.8) is 0 Å². The van der Waals surface area contributed by atoms with Crippen molar-refractivity contribution in [3.05, 3.63) is 104 Å². The minimum atomic E-state index is -0.919. The Balaban J connectivity index is 0.736. The summed E-state index contributed by atoms with van der Waals surface area (Å²) in [6, 6.07) is 12.9. The number of halogens is 1. The third-order valence-corrected chi connectivity index (χ3v) is 17.0. The number of β-amino-alcohol motifs (C(OH)–C–C–N with tert-alkyl or cyclic N) is 1. The van der Waals surface area contributed by atoms with E-state index in [2.05, 4.69) is 49.9 Å². The molecular weight excluding hydrogens is 972 g/mol. The molecular formula is C53H65ClN10O6S2. The highest BCUT2D eigenvalue weighted by molar-refractivity contribution is 7.15. The summed E-state index contributed by atoms with van der Waals surface area (Å²) in [6.07, 6.45) is 2.34. The first-order valence-electron chi connectivity index (χ1n) is 24.9. The molecule has 1 saturated carbocycles. The van der Waals surface area contributed by atoms with Crippen LogP contribution in [0.25, 0.3) is 15.4 Å². The molecule has 0 unspecified atom stereocenters. The van der Waals surface area contributed by atoms with E-state index < -0.39 is 35.6 Å². The average molecular weight is 1040 g/mol. The van der Waals surface area contributed by atoms with Gasteiger partial charge in [-0.1, -0.05) is 68.8 Å². The van der Waals surface area contributed by atoms with Gasteiger partial charge in [-0.2, -0.15) is 0 Å². The molecule has 4 amide bonds. The van der Waals surface area contributed by atoms with Crippen LogP contribution in [0.4, 0.5) is 0 Å². The van der Waals surface area contributed by atoms with Gasteiger partial charge >= 0.3 is 0 Å². The van der Waals surface area contributed by atoms with Crippen LogP contribution in [-0.2, 0) is 23.9 Å². The van der Waals surface area contributed by atoms with Crippen molar-refractivity contribution in [2.45, 2.75) is 142 Å². The molecule has 2 aromatic carbocycles. The first kappa shape index (κ1) is 51.5. The van der Waals surface area contributed by atoms with Gasteiger partial charge in [-0.05, 0) is 94.5 Å². The number of aliphatic hydroxyl groups is 1. The number of piperidine rings is 1. The largest absolute Gasteiger partial charge is 0.391 e. The molecule has 0 bridgehead atoms. The van der Waals surface area contributed by atoms with Crippen LogP contribution in [0.1, 0.15) is 123 Å². The summed E-state index contributed by atoms with van der Waals surface area (Å²) in [7, 11) is 0. The number of aryl methyl sites for hydroxylation is 3. The summed E-state index contributed by atoms with van der Waals surface area (Å²) < 4.78 is 8.55. The number of thiazole rings is 1. The molecule has 0 spiro atoms. The van der Waals surface area contributed by atoms with Gasteiger partial charge in [0.2, 0.25) is 23.6 Å². The number of aromatic nitrogens is 4. The van der Waals surface area contributed by atoms with Crippen LogP contribution in [-0.4, -0.2) is 127 Å². The molecule has 1 aliphatic carbocycles. The minimum absolute atomic E-state index is 0.00137. The van der Waals surface area contributed by atoms with E-state index in [0.29, 0.717) is 36.8 Å². The molecule has 16 nitrogen and oxygen atoms in total. The topological polar surface area (TPSA) is 196 Å². The molecule has 19 heteroatoms. The Hall–Kier alpha value is -5.37. The second kappa shape index (κ2) is 21.2. The van der Waals surface area contributed by atoms with E-state index in [1.54, 1.807) is 22.7 Å². The Kier molecular flexibility index (Phi) is 15.2. The van der Waals surface area contributed by atoms with Crippen molar-refractivity contribution in [2.24, 2.45) is 10.4 Å². The van der Waals surface area contributed by atoms with Crippen LogP contribution in [0, 0.1) is 33.1 Å². The zero-order valence-electron chi connectivity index (χ0n) is 42.2. The number of amides is 4. The molecule has 4 N–H and O–H groups in total. The fraction of sp³-hybridized carbons (Fsp3) is 0.509. The van der Waals surface area contributed by atoms with Crippen molar-refractivity contribution >= 4 is 63.6 Å². The summed E-state index contributed by atoms with van der Waals surface area (Å²) in [5, 5.41) is 30.6. The van der Waals surface area contributed by atoms with Gasteiger partial charge in [0.25, 0.3) is 0 Å². The number of rotatable bonds is 14. The lowest BCUT2D eigenvalue weighted by molar-refractivity contribution is -0.144. The highest BCUT2D eigenvalue weighted by atomic mass is 35.5. The Labute approximate surface area is 434 Å². The SMILES string of the molecule is Cc1ncsc1-c1ccc([C@H](C)NC(=O)[C@H]2C[C@H](O)CN2C(=O)[C@@H](NC(=O)CN2CCC(OC3CC(NC(=O)C[C@@H]4N=C(c5ccc(Cl)cc5)c5c(sc(C)c5C)-n5c(C)nnc54)C3)CC2)C(C)(C)C)cc1. The lowest BCUT2D eigenvalue weighted by atomic mass is 9.85. The standard InChI is InChI=1S/C53H65ClN10O6S2/c1-28-31(4)72-52-45(28)46(34-13-15-36(54)16-14-34)58-41(49-61-60-32(5)64(49)52)24-43(66)57-37-21-40(22-37)70-39-17-19-62(20-18-39)26-44(67)59-48(53(6,7)8)51(69)63-25-38(65)23-42(63)50(68)56-29(2)33-9-11-35(12-10-33)47-30(3)55-27-71-47/h9-16,27,29,37-42,48,65H,17-26H2,1-8H3,(H,56,68)(H,57,66)(H,59,67)/t29-,37?,38-,40?,41-,42+,48+/m0/s1. The maximum absolute atomic E-state index is 14.3. The van der Waals surface area contributed by atoms with Crippen LogP contribution in [0.2, 0.25) is 5.02 Å². The molecule has 5 aromatic rings. The molecule has 4 aliphatic rings. The van der Waals surface area contributed by atoms with Gasteiger partial charge < -0.3 is 30.7 Å². The lowest BCUT2D eigenvalue weighted by Crippen LogP contribution is -2.59. The van der Waals surface area contributed by atoms with Crippen molar-refractivity contribution in [1.29, 1.82) is 0 Å². The van der Waals surface area contributed by atoms with Gasteiger partial charge in [0, 0.05) is 53.1 Å². The smallest absolute Gasteiger partial charge is 0.246 e. The highest BCUT2D eigenvalue weighted by Crippen LogP contribution is 2.40. The van der Waals surface area contributed by atoms with Crippen LogP contribution in [0.3, 0.4) is 0 Å². The molecule has 0 radical (unpaired) electrons. The highest BCUT2D eigenvalue weighted by Gasteiger charge is 2.45. The molecule has 3 fully saturated rings. The van der Waals surface area contributed by atoms with Crippen LogP contribution >= 0.6 is 34.3 Å². The number of hydrogen-bond donors (Lipinski definition) is 4. The van der Waals surface area contributed by atoms with Crippen LogP contribution in [0.5, 0.6) is 0 Å². The second-order valence-corrected chi connectivity index (χ2v) is 23.5. The van der Waals surface area contributed by atoms with Crippen molar-refractivity contribution in [3.8, 4) is 15.4 Å². The number of nitrogens with one attached hydrogen (secondary N) is 3. The second-order valence-electron chi connectivity index (χ2n) is 21.0. The summed E-state index contributed by atoms with van der Waals surface area (Å²) in [5.74, 6) is 0.248. The molecule has 5 atom stereocenters. The van der Waals surface area contributed by atoms with E-state index >= 15 is 0 Å². The number of aliphatic hydroxyl groups excluding tert-OH is 1. The number of carbonyl (C=O) groups excluding carboxylic acids is 4. The molecule has 3 aliphatic heterocycles. The Morgan fingerprint density at radius 2 is 1.60 bits per heavy atom. The number of ether oxygens (including phenoxy) is 1. The Morgan fingerprint density at radius 1 is 0.903 bits per heavy atom. The van der Waals surface area contributed by atoms with E-state index in [1.165, 1.54) is 9.78 Å². The first-order chi connectivity index (χ1) is 34.3. The summed E-state index contributed by atoms with van der Waals surface area (Å²) in [6.45, 7) is 17.1. The van der Waals surface area contributed by atoms with Crippen LogP contribution < -0.4 is 16.0 Å². The van der Waals surface area contributed by atoms with Gasteiger partial charge in [-0.3, -0.25) is 33.6 Å². The number of hydrogen-bond acceptors (Lipinski definition) is 13. The monoisotopic (exact) mass is 1040 g/mol. The summed E-state index contributed by atoms with van der Waals surface area (Å²) in [4.78, 5) is 70.8. The quantitative estimate of drug-likeness (QED) is 0.0890. The maximum atomic E-state index is 14.3. The predicted molar refractivity (Wildman–Crippen MR) is 280 cm³/mol. The predicted octanol–water partition coefficient (Wildman–Crippen LogP) is 7.12. The number of carbonyl (C=O) groups is 4. The number of benzene rings is 2. The average Bonchev–Trinajstić information content (AvgIpc) is 4.10. The molecule has 382 valence electrons. The fourth-order valence-corrected chi connectivity index (χ4v) is 12.4. The van der Waals surface area contributed by atoms with E-state index in [0.717, 1.165) is 67.8 Å². The van der Waals surface area contributed by atoms with Gasteiger partial charge in [-0.15, -0.1) is 32.9 Å². The number of thiophene rings is 1. The van der Waals surface area contributed by atoms with E-state index in [1.807, 2.05) is 100 Å². The number of nitrogens with zero attached hydrogens (tertiary/aromatic N) is 7. The van der Waals surface area contributed by atoms with Crippen molar-refractivity contribution in [1.82, 2.24) is 45.5 Å². The van der Waals surface area contributed by atoms with E-state index in [4.69, 9.17) is 21.3 Å². The van der Waals surface area contributed by atoms with Gasteiger partial charge in [0.15, 0.2) is 5.82 Å². The normalized spacial score (nSPS) is 22.2. The number of fused-ring (bicyclic) bond motifs is 3. The Morgan fingerprint density at radius 3 is 2.26 bits per heavy atom. The molecule has 6 heterocycles.